The molecule has 0 spiro atoms. The maximum absolute atomic E-state index is 10.4. The van der Waals surface area contributed by atoms with Crippen molar-refractivity contribution >= 4 is 6.03 Å². The van der Waals surface area contributed by atoms with Crippen molar-refractivity contribution in [3.05, 3.63) is 29.8 Å². The van der Waals surface area contributed by atoms with Crippen molar-refractivity contribution in [2.75, 3.05) is 13.2 Å². The van der Waals surface area contributed by atoms with Crippen LogP contribution in [0.3, 0.4) is 0 Å². The average Bonchev–Trinajstić information content (AvgIpc) is 2.20. The SMILES string of the molecule is CCOc1ccc(CCNC(N)=O)cc1. The first kappa shape index (κ1) is 11.4. The summed E-state index contributed by atoms with van der Waals surface area (Å²) >= 11 is 0. The zero-order valence-corrected chi connectivity index (χ0v) is 8.82. The number of hydrogen-bond acceptors (Lipinski definition) is 2. The average molecular weight is 208 g/mol. The van der Waals surface area contributed by atoms with Crippen molar-refractivity contribution in [1.29, 1.82) is 0 Å². The molecule has 0 unspecified atom stereocenters. The predicted octanol–water partition coefficient (Wildman–Crippen LogP) is 1.30. The molecule has 0 saturated heterocycles. The summed E-state index contributed by atoms with van der Waals surface area (Å²) in [7, 11) is 0. The second-order valence-electron chi connectivity index (χ2n) is 3.12. The van der Waals surface area contributed by atoms with E-state index in [0.717, 1.165) is 17.7 Å². The van der Waals surface area contributed by atoms with Crippen LogP contribution < -0.4 is 15.8 Å². The molecule has 0 heterocycles. The third-order valence-electron chi connectivity index (χ3n) is 1.95. The van der Waals surface area contributed by atoms with Gasteiger partial charge in [-0.1, -0.05) is 12.1 Å². The molecule has 0 aromatic heterocycles. The van der Waals surface area contributed by atoms with E-state index in [-0.39, 0.29) is 0 Å². The largest absolute Gasteiger partial charge is 0.494 e. The van der Waals surface area contributed by atoms with Crippen LogP contribution in [0.2, 0.25) is 0 Å². The summed E-state index contributed by atoms with van der Waals surface area (Å²) < 4.78 is 5.31. The van der Waals surface area contributed by atoms with Gasteiger partial charge in [0.2, 0.25) is 0 Å². The highest BCUT2D eigenvalue weighted by molar-refractivity contribution is 5.71. The number of amides is 2. The standard InChI is InChI=1S/C11H16N2O2/c1-2-15-10-5-3-9(4-6-10)7-8-13-11(12)14/h3-6H,2,7-8H2,1H3,(H3,12,13,14). The van der Waals surface area contributed by atoms with Gasteiger partial charge >= 0.3 is 6.03 Å². The first-order valence-corrected chi connectivity index (χ1v) is 4.97. The normalized spacial score (nSPS) is 9.67. The highest BCUT2D eigenvalue weighted by atomic mass is 16.5. The quantitative estimate of drug-likeness (QED) is 0.766. The lowest BCUT2D eigenvalue weighted by Crippen LogP contribution is -2.30. The summed E-state index contributed by atoms with van der Waals surface area (Å²) in [5, 5.41) is 2.54. The van der Waals surface area contributed by atoms with Gasteiger partial charge in [-0.25, -0.2) is 4.79 Å². The number of carbonyl (C=O) groups excluding carboxylic acids is 1. The third kappa shape index (κ3) is 4.35. The van der Waals surface area contributed by atoms with Crippen LogP contribution in [0.15, 0.2) is 24.3 Å². The van der Waals surface area contributed by atoms with Gasteiger partial charge in [0.05, 0.1) is 6.61 Å². The molecule has 0 atom stereocenters. The lowest BCUT2D eigenvalue weighted by atomic mass is 10.1. The van der Waals surface area contributed by atoms with E-state index in [4.69, 9.17) is 10.5 Å². The van der Waals surface area contributed by atoms with E-state index >= 15 is 0 Å². The molecular formula is C11H16N2O2. The highest BCUT2D eigenvalue weighted by Gasteiger charge is 1.96. The Kier molecular flexibility index (Phi) is 4.47. The van der Waals surface area contributed by atoms with Crippen LogP contribution in [0.25, 0.3) is 0 Å². The molecule has 3 N–H and O–H groups in total. The van der Waals surface area contributed by atoms with Crippen LogP contribution in [-0.4, -0.2) is 19.2 Å². The maximum Gasteiger partial charge on any atom is 0.312 e. The van der Waals surface area contributed by atoms with Crippen LogP contribution in [0.5, 0.6) is 5.75 Å². The van der Waals surface area contributed by atoms with E-state index < -0.39 is 6.03 Å². The fourth-order valence-corrected chi connectivity index (χ4v) is 1.25. The van der Waals surface area contributed by atoms with Crippen molar-refractivity contribution in [2.24, 2.45) is 5.73 Å². The molecule has 1 aromatic carbocycles. The molecule has 4 nitrogen and oxygen atoms in total. The monoisotopic (exact) mass is 208 g/mol. The molecule has 0 radical (unpaired) electrons. The first-order valence-electron chi connectivity index (χ1n) is 4.97. The van der Waals surface area contributed by atoms with Gasteiger partial charge in [-0.15, -0.1) is 0 Å². The zero-order valence-electron chi connectivity index (χ0n) is 8.82. The van der Waals surface area contributed by atoms with Gasteiger partial charge in [-0.3, -0.25) is 0 Å². The minimum Gasteiger partial charge on any atom is -0.494 e. The highest BCUT2D eigenvalue weighted by Crippen LogP contribution is 2.11. The van der Waals surface area contributed by atoms with Crippen molar-refractivity contribution in [3.8, 4) is 5.75 Å². The Balaban J connectivity index is 2.39. The molecule has 0 saturated carbocycles. The number of primary amides is 1. The summed E-state index contributed by atoms with van der Waals surface area (Å²) in [6, 6.07) is 7.31. The molecule has 1 aromatic rings. The summed E-state index contributed by atoms with van der Waals surface area (Å²) in [6.07, 6.45) is 0.773. The molecule has 0 bridgehead atoms. The Labute approximate surface area is 89.4 Å². The van der Waals surface area contributed by atoms with Crippen LogP contribution in [0, 0.1) is 0 Å². The number of rotatable bonds is 5. The number of ether oxygens (including phenoxy) is 1. The van der Waals surface area contributed by atoms with E-state index in [1.165, 1.54) is 0 Å². The Bertz CT molecular complexity index is 309. The van der Waals surface area contributed by atoms with Gasteiger partial charge in [0.1, 0.15) is 5.75 Å². The van der Waals surface area contributed by atoms with Gasteiger partial charge in [0.15, 0.2) is 0 Å². The molecular weight excluding hydrogens is 192 g/mol. The molecule has 1 rings (SSSR count). The Hall–Kier alpha value is -1.71. The molecule has 0 fully saturated rings. The number of nitrogens with two attached hydrogens (primary N) is 1. The van der Waals surface area contributed by atoms with E-state index in [9.17, 15) is 4.79 Å². The molecule has 15 heavy (non-hydrogen) atoms. The minimum atomic E-state index is -0.485. The topological polar surface area (TPSA) is 64.3 Å². The third-order valence-corrected chi connectivity index (χ3v) is 1.95. The summed E-state index contributed by atoms with van der Waals surface area (Å²) in [6.45, 7) is 3.18. The predicted molar refractivity (Wildman–Crippen MR) is 58.9 cm³/mol. The fourth-order valence-electron chi connectivity index (χ4n) is 1.25. The first-order chi connectivity index (χ1) is 7.22. The molecule has 82 valence electrons. The molecule has 0 aliphatic rings. The van der Waals surface area contributed by atoms with Crippen LogP contribution in [0.4, 0.5) is 4.79 Å². The van der Waals surface area contributed by atoms with Crippen LogP contribution in [0.1, 0.15) is 12.5 Å². The van der Waals surface area contributed by atoms with Crippen molar-refractivity contribution in [3.63, 3.8) is 0 Å². The second kappa shape index (κ2) is 5.90. The van der Waals surface area contributed by atoms with Crippen molar-refractivity contribution in [2.45, 2.75) is 13.3 Å². The van der Waals surface area contributed by atoms with Gasteiger partial charge in [0.25, 0.3) is 0 Å². The lowest BCUT2D eigenvalue weighted by Gasteiger charge is -2.05. The lowest BCUT2D eigenvalue weighted by molar-refractivity contribution is 0.249. The summed E-state index contributed by atoms with van der Waals surface area (Å²) in [4.78, 5) is 10.4. The molecule has 4 heteroatoms. The van der Waals surface area contributed by atoms with E-state index in [0.29, 0.717) is 13.2 Å². The number of nitrogens with one attached hydrogen (secondary N) is 1. The Morgan fingerprint density at radius 2 is 2.07 bits per heavy atom. The summed E-state index contributed by atoms with van der Waals surface area (Å²) in [5.41, 5.74) is 6.10. The molecule has 2 amide bonds. The molecule has 0 aliphatic carbocycles. The number of benzene rings is 1. The minimum absolute atomic E-state index is 0.485. The van der Waals surface area contributed by atoms with Gasteiger partial charge in [0, 0.05) is 6.54 Å². The maximum atomic E-state index is 10.4. The van der Waals surface area contributed by atoms with Crippen molar-refractivity contribution in [1.82, 2.24) is 5.32 Å². The molecule has 0 aliphatic heterocycles. The van der Waals surface area contributed by atoms with Gasteiger partial charge in [-0.2, -0.15) is 0 Å². The number of urea groups is 1. The van der Waals surface area contributed by atoms with Crippen molar-refractivity contribution < 1.29 is 9.53 Å². The van der Waals surface area contributed by atoms with E-state index in [1.807, 2.05) is 31.2 Å². The summed E-state index contributed by atoms with van der Waals surface area (Å²) in [5.74, 6) is 0.865. The van der Waals surface area contributed by atoms with E-state index in [2.05, 4.69) is 5.32 Å². The fraction of sp³-hybridized carbons (Fsp3) is 0.364. The number of hydrogen-bond donors (Lipinski definition) is 2. The number of carbonyl (C=O) groups is 1. The Morgan fingerprint density at radius 3 is 2.60 bits per heavy atom. The van der Waals surface area contributed by atoms with Crippen LogP contribution >= 0.6 is 0 Å². The second-order valence-corrected chi connectivity index (χ2v) is 3.12. The van der Waals surface area contributed by atoms with Gasteiger partial charge in [-0.05, 0) is 31.0 Å². The smallest absolute Gasteiger partial charge is 0.312 e. The zero-order chi connectivity index (χ0) is 11.1. The van der Waals surface area contributed by atoms with Crippen LogP contribution in [-0.2, 0) is 6.42 Å². The van der Waals surface area contributed by atoms with Gasteiger partial charge < -0.3 is 15.8 Å². The Morgan fingerprint density at radius 1 is 1.40 bits per heavy atom. The van der Waals surface area contributed by atoms with E-state index in [1.54, 1.807) is 0 Å².